The molecule has 0 saturated heterocycles. The maximum absolute atomic E-state index is 11.2. The van der Waals surface area contributed by atoms with E-state index >= 15 is 0 Å². The van der Waals surface area contributed by atoms with Gasteiger partial charge >= 0.3 is 5.97 Å². The van der Waals surface area contributed by atoms with Crippen molar-refractivity contribution in [2.24, 2.45) is 0 Å². The highest BCUT2D eigenvalue weighted by Gasteiger charge is 2.21. The third-order valence-electron chi connectivity index (χ3n) is 4.75. The fourth-order valence-corrected chi connectivity index (χ4v) is 4.17. The molecule has 0 bridgehead atoms. The molecule has 2 aromatic heterocycles. The maximum Gasteiger partial charge on any atom is 0.303 e. The summed E-state index contributed by atoms with van der Waals surface area (Å²) in [6.45, 7) is 0. The van der Waals surface area contributed by atoms with Gasteiger partial charge in [0.15, 0.2) is 0 Å². The Labute approximate surface area is 156 Å². The second-order valence-electron chi connectivity index (χ2n) is 6.35. The van der Waals surface area contributed by atoms with E-state index in [9.17, 15) is 9.90 Å². The number of nitrogens with zero attached hydrogens (tertiary/aromatic N) is 1. The van der Waals surface area contributed by atoms with Crippen LogP contribution in [0.25, 0.3) is 16.6 Å². The molecule has 0 spiro atoms. The molecule has 4 rings (SSSR count). The van der Waals surface area contributed by atoms with Gasteiger partial charge in [0.2, 0.25) is 0 Å². The van der Waals surface area contributed by atoms with Crippen molar-refractivity contribution in [2.75, 3.05) is 0 Å². The molecule has 0 aliphatic rings. The topological polar surface area (TPSA) is 42.2 Å². The minimum absolute atomic E-state index is 0.0529. The average molecular weight is 361 g/mol. The molecule has 0 aliphatic heterocycles. The smallest absolute Gasteiger partial charge is 0.303 e. The lowest BCUT2D eigenvalue weighted by molar-refractivity contribution is -0.137. The molecule has 1 unspecified atom stereocenters. The van der Waals surface area contributed by atoms with Crippen LogP contribution in [-0.4, -0.2) is 15.6 Å². The number of aromatic nitrogens is 1. The SMILES string of the molecule is O=C(O)CCC(c1ccccc1)c1cn(-c2ccsc2)c2ccccc12. The third kappa shape index (κ3) is 3.16. The molecule has 3 nitrogen and oxygen atoms in total. The van der Waals surface area contributed by atoms with Crippen LogP contribution in [0.3, 0.4) is 0 Å². The molecule has 26 heavy (non-hydrogen) atoms. The molecule has 1 N–H and O–H groups in total. The van der Waals surface area contributed by atoms with E-state index in [4.69, 9.17) is 0 Å². The number of carboxylic acids is 1. The zero-order valence-corrected chi connectivity index (χ0v) is 15.0. The van der Waals surface area contributed by atoms with Crippen LogP contribution in [0.1, 0.15) is 29.9 Å². The summed E-state index contributed by atoms with van der Waals surface area (Å²) < 4.78 is 2.21. The van der Waals surface area contributed by atoms with Gasteiger partial charge in [-0.1, -0.05) is 48.5 Å². The van der Waals surface area contributed by atoms with Crippen molar-refractivity contribution in [1.82, 2.24) is 4.57 Å². The second kappa shape index (κ2) is 7.18. The number of aliphatic carboxylic acids is 1. The Morgan fingerprint density at radius 3 is 2.54 bits per heavy atom. The number of carboxylic acid groups (broad SMARTS) is 1. The molecule has 0 fully saturated rings. The Morgan fingerprint density at radius 1 is 1.04 bits per heavy atom. The summed E-state index contributed by atoms with van der Waals surface area (Å²) in [4.78, 5) is 11.2. The quantitative estimate of drug-likeness (QED) is 0.479. The first-order valence-corrected chi connectivity index (χ1v) is 9.57. The maximum atomic E-state index is 11.2. The van der Waals surface area contributed by atoms with Crippen LogP contribution in [0.4, 0.5) is 0 Å². The monoisotopic (exact) mass is 361 g/mol. The first kappa shape index (κ1) is 16.6. The lowest BCUT2D eigenvalue weighted by Gasteiger charge is -2.16. The number of thiophene rings is 1. The highest BCUT2D eigenvalue weighted by Crippen LogP contribution is 2.36. The van der Waals surface area contributed by atoms with Crippen molar-refractivity contribution < 1.29 is 9.90 Å². The van der Waals surface area contributed by atoms with Crippen LogP contribution in [-0.2, 0) is 4.79 Å². The van der Waals surface area contributed by atoms with Gasteiger partial charge in [0.05, 0.1) is 11.2 Å². The van der Waals surface area contributed by atoms with Crippen LogP contribution in [0.15, 0.2) is 77.6 Å². The van der Waals surface area contributed by atoms with Gasteiger partial charge < -0.3 is 9.67 Å². The van der Waals surface area contributed by atoms with Gasteiger partial charge in [0, 0.05) is 29.3 Å². The summed E-state index contributed by atoms with van der Waals surface area (Å²) in [6, 6.07) is 20.6. The molecule has 0 amide bonds. The highest BCUT2D eigenvalue weighted by molar-refractivity contribution is 7.08. The van der Waals surface area contributed by atoms with E-state index < -0.39 is 5.97 Å². The number of benzene rings is 2. The summed E-state index contributed by atoms with van der Waals surface area (Å²) in [6.07, 6.45) is 2.90. The van der Waals surface area contributed by atoms with Crippen LogP contribution >= 0.6 is 11.3 Å². The molecule has 4 aromatic rings. The van der Waals surface area contributed by atoms with Crippen molar-refractivity contribution in [3.8, 4) is 5.69 Å². The van der Waals surface area contributed by atoms with E-state index in [1.54, 1.807) is 11.3 Å². The van der Waals surface area contributed by atoms with E-state index in [1.165, 1.54) is 10.9 Å². The first-order valence-electron chi connectivity index (χ1n) is 8.63. The predicted octanol–water partition coefficient (Wildman–Crippen LogP) is 5.69. The molecule has 0 radical (unpaired) electrons. The van der Waals surface area contributed by atoms with E-state index in [-0.39, 0.29) is 12.3 Å². The second-order valence-corrected chi connectivity index (χ2v) is 7.13. The lowest BCUT2D eigenvalue weighted by atomic mass is 9.87. The molecule has 130 valence electrons. The minimum Gasteiger partial charge on any atom is -0.481 e. The Morgan fingerprint density at radius 2 is 1.81 bits per heavy atom. The number of para-hydroxylation sites is 1. The third-order valence-corrected chi connectivity index (χ3v) is 5.42. The number of hydrogen-bond donors (Lipinski definition) is 1. The van der Waals surface area contributed by atoms with Crippen molar-refractivity contribution in [1.29, 1.82) is 0 Å². The van der Waals surface area contributed by atoms with Crippen LogP contribution in [0.2, 0.25) is 0 Å². The van der Waals surface area contributed by atoms with Crippen LogP contribution in [0.5, 0.6) is 0 Å². The zero-order valence-electron chi connectivity index (χ0n) is 14.2. The Bertz CT molecular complexity index is 1020. The van der Waals surface area contributed by atoms with Gasteiger partial charge in [-0.15, -0.1) is 0 Å². The van der Waals surface area contributed by atoms with E-state index in [1.807, 2.05) is 30.3 Å². The average Bonchev–Trinajstić information content (AvgIpc) is 3.31. The fraction of sp³-hybridized carbons (Fsp3) is 0.136. The largest absolute Gasteiger partial charge is 0.481 e. The molecule has 4 heteroatoms. The zero-order chi connectivity index (χ0) is 17.9. The van der Waals surface area contributed by atoms with E-state index in [0.717, 1.165) is 16.8 Å². The van der Waals surface area contributed by atoms with Crippen LogP contribution in [0, 0.1) is 0 Å². The van der Waals surface area contributed by atoms with Gasteiger partial charge in [-0.25, -0.2) is 0 Å². The minimum atomic E-state index is -0.757. The first-order chi connectivity index (χ1) is 12.7. The summed E-state index contributed by atoms with van der Waals surface area (Å²) in [5, 5.41) is 14.6. The van der Waals surface area contributed by atoms with Crippen molar-refractivity contribution in [2.45, 2.75) is 18.8 Å². The predicted molar refractivity (Wildman–Crippen MR) is 106 cm³/mol. The van der Waals surface area contributed by atoms with Gasteiger partial charge in [0.25, 0.3) is 0 Å². The van der Waals surface area contributed by atoms with Crippen molar-refractivity contribution >= 4 is 28.2 Å². The van der Waals surface area contributed by atoms with E-state index in [0.29, 0.717) is 6.42 Å². The Balaban J connectivity index is 1.88. The van der Waals surface area contributed by atoms with Gasteiger partial charge in [-0.3, -0.25) is 4.79 Å². The van der Waals surface area contributed by atoms with Gasteiger partial charge in [-0.05, 0) is 35.1 Å². The number of carbonyl (C=O) groups is 1. The number of fused-ring (bicyclic) bond motifs is 1. The highest BCUT2D eigenvalue weighted by atomic mass is 32.1. The molecular weight excluding hydrogens is 342 g/mol. The Kier molecular flexibility index (Phi) is 4.59. The molecule has 2 aromatic carbocycles. The number of hydrogen-bond acceptors (Lipinski definition) is 2. The summed E-state index contributed by atoms with van der Waals surface area (Å²) in [7, 11) is 0. The number of rotatable bonds is 6. The molecule has 0 saturated carbocycles. The lowest BCUT2D eigenvalue weighted by Crippen LogP contribution is -2.05. The van der Waals surface area contributed by atoms with Crippen LogP contribution < -0.4 is 0 Å². The van der Waals surface area contributed by atoms with Crippen molar-refractivity contribution in [3.05, 3.63) is 88.7 Å². The standard InChI is InChI=1S/C22H19NO2S/c24-22(25)11-10-18(16-6-2-1-3-7-16)20-14-23(17-12-13-26-15-17)21-9-5-4-8-19(20)21/h1-9,12-15,18H,10-11H2,(H,24,25). The fourth-order valence-electron chi connectivity index (χ4n) is 3.55. The molecular formula is C22H19NO2S. The summed E-state index contributed by atoms with van der Waals surface area (Å²) in [5.41, 5.74) is 4.63. The van der Waals surface area contributed by atoms with Gasteiger partial charge in [0.1, 0.15) is 0 Å². The summed E-state index contributed by atoms with van der Waals surface area (Å²) in [5.74, 6) is -0.704. The molecule has 2 heterocycles. The van der Waals surface area contributed by atoms with Crippen molar-refractivity contribution in [3.63, 3.8) is 0 Å². The van der Waals surface area contributed by atoms with E-state index in [2.05, 4.69) is 51.9 Å². The molecule has 0 aliphatic carbocycles. The normalized spacial score (nSPS) is 12.3. The summed E-state index contributed by atoms with van der Waals surface area (Å²) >= 11 is 1.67. The Hall–Kier alpha value is -2.85. The van der Waals surface area contributed by atoms with Gasteiger partial charge in [-0.2, -0.15) is 11.3 Å². The molecule has 1 atom stereocenters.